The number of aromatic nitrogens is 8. The van der Waals surface area contributed by atoms with Crippen LogP contribution in [-0.2, 0) is 38.5 Å². The molecule has 9 rings (SSSR count). The Morgan fingerprint density at radius 2 is 1.28 bits per heavy atom. The monoisotopic (exact) mass is 1200 g/mol. The van der Waals surface area contributed by atoms with Gasteiger partial charge < -0.3 is 28.2 Å². The van der Waals surface area contributed by atoms with Gasteiger partial charge in [0, 0.05) is 150 Å². The fraction of sp³-hybridized carbons (Fsp3) is 0.408. The Morgan fingerprint density at radius 3 is 1.81 bits per heavy atom. The first-order valence-electron chi connectivity index (χ1n) is 22.5. The predicted octanol–water partition coefficient (Wildman–Crippen LogP) is 10.2. The molecule has 14 nitrogen and oxygen atoms in total. The summed E-state index contributed by atoms with van der Waals surface area (Å²) in [6, 6.07) is 25.0. The second-order valence-corrected chi connectivity index (χ2v) is 32.6. The standard InChI is InChI=1S/C27H34N6O3SSi.C20H24N4OSi.2CH4.BH.U/c1-5-37(34,35)32-17-27(18-32,11-12-28)33-16-23(21-8-6-7-9-24(21)33)25-22-10-13-31(26(22)30-19-29-25)20-36-14-15-38(2,3)4;1-26(2,3)11-10-25-14-24-9-8-16-19(22-13-23-20(16)24)17-12-21-18-7-5-4-6-15(17)18;;;;/h6-10,13,16,19H,5,11,14-15,17-18,20H2,1-4H3;4-9,12-13,21H,10-11,14H2,1-3H3;2*1H4;1H;/i;;;;1D;. The SMILES string of the molecule is C.C.CCS(=O)(=O)N1CC(CC#N)(n2cc(-c3ncnc4c3ccn4COCC[Si](C)(C)C)c3ccccc32)C1.C[Si](C)(C)CCOCn1ccc2c(-c3c[nH]c4ccccc34)ncnc21.[2H][B].[U]. The molecule has 1 fully saturated rings. The maximum absolute atomic E-state index is 12.5. The van der Waals surface area contributed by atoms with Crippen LogP contribution in [0.1, 0.15) is 28.2 Å². The smallest absolute Gasteiger partial charge is 0.213 e. The first-order chi connectivity index (χ1) is 31.6. The van der Waals surface area contributed by atoms with Crippen molar-refractivity contribution in [3.05, 3.63) is 98.1 Å². The van der Waals surface area contributed by atoms with Gasteiger partial charge in [-0.2, -0.15) is 9.57 Å². The largest absolute Gasteiger partial charge is 0.361 e. The van der Waals surface area contributed by atoms with Crippen molar-refractivity contribution in [3.63, 3.8) is 0 Å². The van der Waals surface area contributed by atoms with E-state index in [9.17, 15) is 13.7 Å². The van der Waals surface area contributed by atoms with Gasteiger partial charge in [-0.05, 0) is 44.6 Å². The summed E-state index contributed by atoms with van der Waals surface area (Å²) in [4.78, 5) is 21.6. The zero-order chi connectivity index (χ0) is 47.3. The van der Waals surface area contributed by atoms with Crippen LogP contribution < -0.4 is 0 Å². The van der Waals surface area contributed by atoms with E-state index < -0.39 is 31.7 Å². The minimum absolute atomic E-state index is 0. The number of hydrogen-bond acceptors (Lipinski definition) is 9. The minimum atomic E-state index is -3.32. The molecule has 0 atom stereocenters. The molecule has 1 saturated heterocycles. The minimum Gasteiger partial charge on any atom is -0.361 e. The van der Waals surface area contributed by atoms with Crippen molar-refractivity contribution in [3.8, 4) is 28.6 Å². The van der Waals surface area contributed by atoms with Gasteiger partial charge in [-0.25, -0.2) is 28.4 Å². The number of ether oxygens (including phenoxy) is 2. The number of benzene rings is 2. The molecule has 0 amide bonds. The van der Waals surface area contributed by atoms with E-state index in [-0.39, 0.29) is 71.2 Å². The van der Waals surface area contributed by atoms with Gasteiger partial charge in [0.15, 0.2) is 0 Å². The number of aromatic amines is 1. The summed E-state index contributed by atoms with van der Waals surface area (Å²) < 4.78 is 49.7. The number of H-pyrrole nitrogens is 1. The second kappa shape index (κ2) is 23.0. The molecule has 0 spiro atoms. The summed E-state index contributed by atoms with van der Waals surface area (Å²) >= 11 is 0. The molecule has 6 aromatic heterocycles. The van der Waals surface area contributed by atoms with E-state index in [0.29, 0.717) is 13.5 Å². The maximum atomic E-state index is 12.5. The van der Waals surface area contributed by atoms with Gasteiger partial charge in [-0.3, -0.25) is 0 Å². The van der Waals surface area contributed by atoms with E-state index >= 15 is 0 Å². The number of nitrogens with zero attached hydrogens (tertiary/aromatic N) is 9. The van der Waals surface area contributed by atoms with Crippen LogP contribution in [0, 0.1) is 42.4 Å². The van der Waals surface area contributed by atoms with E-state index in [2.05, 4.69) is 112 Å². The van der Waals surface area contributed by atoms with Crippen molar-refractivity contribution >= 4 is 78.4 Å². The molecule has 68 heavy (non-hydrogen) atoms. The Bertz CT molecular complexity index is 3100. The number of rotatable bonds is 16. The first-order valence-corrected chi connectivity index (χ1v) is 30.9. The Hall–Kier alpha value is -4.37. The molecule has 2 radical (unpaired) electrons. The van der Waals surface area contributed by atoms with E-state index in [1.165, 1.54) is 15.7 Å². The molecule has 2 aromatic carbocycles. The van der Waals surface area contributed by atoms with Crippen molar-refractivity contribution in [1.29, 1.82) is 6.60 Å². The van der Waals surface area contributed by atoms with Crippen LogP contribution in [0.5, 0.6) is 0 Å². The zero-order valence-corrected chi connectivity index (χ0v) is 45.9. The average molecular weight is 1200 g/mol. The maximum Gasteiger partial charge on any atom is 0.213 e. The van der Waals surface area contributed by atoms with Gasteiger partial charge in [0.25, 0.3) is 0 Å². The van der Waals surface area contributed by atoms with Crippen molar-refractivity contribution in [2.45, 2.75) is 98.6 Å². The molecular formula is C49H67BN10O4SSi2U. The number of hydrogen-bond donors (Lipinski definition) is 1. The number of nitrogens with one attached hydrogen (secondary N) is 1. The van der Waals surface area contributed by atoms with Gasteiger partial charge in [0.2, 0.25) is 10.0 Å². The van der Waals surface area contributed by atoms with Crippen LogP contribution in [0.2, 0.25) is 51.4 Å². The molecule has 1 N–H and O–H groups in total. The molecule has 0 saturated carbocycles. The van der Waals surface area contributed by atoms with Crippen LogP contribution in [0.4, 0.5) is 0 Å². The van der Waals surface area contributed by atoms with E-state index in [0.717, 1.165) is 80.3 Å². The third-order valence-electron chi connectivity index (χ3n) is 12.0. The summed E-state index contributed by atoms with van der Waals surface area (Å²) in [5.74, 6) is 0.0467. The molecule has 358 valence electrons. The van der Waals surface area contributed by atoms with Crippen LogP contribution in [0.3, 0.4) is 0 Å². The fourth-order valence-corrected chi connectivity index (χ4v) is 11.0. The third kappa shape index (κ3) is 12.0. The van der Waals surface area contributed by atoms with Crippen LogP contribution in [0.25, 0.3) is 66.4 Å². The zero-order valence-electron chi connectivity index (χ0n) is 40.0. The molecule has 7 heterocycles. The Morgan fingerprint density at radius 1 is 0.765 bits per heavy atom. The van der Waals surface area contributed by atoms with Gasteiger partial charge in [0.05, 0.1) is 35.2 Å². The molecule has 0 aliphatic carbocycles. The van der Waals surface area contributed by atoms with Gasteiger partial charge >= 0.3 is 0 Å². The van der Waals surface area contributed by atoms with E-state index in [1.54, 1.807) is 19.6 Å². The number of para-hydroxylation sites is 2. The van der Waals surface area contributed by atoms with Gasteiger partial charge in [-0.1, -0.05) is 90.5 Å². The van der Waals surface area contributed by atoms with Crippen molar-refractivity contribution < 1.29 is 49.0 Å². The summed E-state index contributed by atoms with van der Waals surface area (Å²) in [5.41, 5.74) is 6.93. The van der Waals surface area contributed by atoms with E-state index in [1.807, 2.05) is 65.8 Å². The van der Waals surface area contributed by atoms with Crippen LogP contribution in [0.15, 0.2) is 98.1 Å². The quantitative estimate of drug-likeness (QED) is 0.0733. The van der Waals surface area contributed by atoms with Crippen molar-refractivity contribution in [2.75, 3.05) is 32.1 Å². The number of fused-ring (bicyclic) bond motifs is 4. The first kappa shape index (κ1) is 54.6. The molecule has 0 bridgehead atoms. The summed E-state index contributed by atoms with van der Waals surface area (Å²) in [5, 5.41) is 13.8. The molecule has 0 unspecified atom stereocenters. The Balaban J connectivity index is 0.000000294. The topological polar surface area (TPSA) is 162 Å². The van der Waals surface area contributed by atoms with Crippen molar-refractivity contribution in [2.24, 2.45) is 0 Å². The molecule has 1 aliphatic heterocycles. The molecule has 19 heteroatoms. The number of sulfonamides is 1. The van der Waals surface area contributed by atoms with Crippen LogP contribution in [-0.4, -0.2) is 109 Å². The summed E-state index contributed by atoms with van der Waals surface area (Å²) in [6.45, 7) is 18.8. The Kier molecular flexibility index (Phi) is 18.5. The predicted molar refractivity (Wildman–Crippen MR) is 281 cm³/mol. The third-order valence-corrected chi connectivity index (χ3v) is 17.2. The summed E-state index contributed by atoms with van der Waals surface area (Å²) in [7, 11) is -1.81. The summed E-state index contributed by atoms with van der Waals surface area (Å²) in [6.07, 6.45) is 11.5. The molecule has 1 aliphatic rings. The fourth-order valence-electron chi connectivity index (χ4n) is 8.24. The van der Waals surface area contributed by atoms with Gasteiger partial charge in [-0.15, -0.1) is 0 Å². The molecule has 8 aromatic rings. The Labute approximate surface area is 431 Å². The van der Waals surface area contributed by atoms with Gasteiger partial charge in [0.1, 0.15) is 37.4 Å². The normalized spacial score (nSPS) is 13.8. The second-order valence-electron chi connectivity index (χ2n) is 19.1. The number of nitriles is 1. The molecular weight excluding hydrogens is 1130 g/mol. The average Bonchev–Trinajstić information content (AvgIpc) is 4.10. The van der Waals surface area contributed by atoms with Crippen LogP contribution >= 0.6 is 0 Å². The van der Waals surface area contributed by atoms with E-state index in [4.69, 9.17) is 10.8 Å². The van der Waals surface area contributed by atoms with Crippen molar-refractivity contribution in [1.82, 2.24) is 42.9 Å².